The van der Waals surface area contributed by atoms with Crippen LogP contribution in [0.25, 0.3) is 95.9 Å². The van der Waals surface area contributed by atoms with Crippen molar-refractivity contribution in [1.29, 1.82) is 0 Å². The van der Waals surface area contributed by atoms with Crippen LogP contribution in [0.1, 0.15) is 0 Å². The molecule has 8 heteroatoms. The lowest BCUT2D eigenvalue weighted by Gasteiger charge is -2.11. The van der Waals surface area contributed by atoms with Crippen molar-refractivity contribution in [1.82, 2.24) is 24.9 Å². The third-order valence-electron chi connectivity index (χ3n) is 8.59. The number of hydrogen-bond donors (Lipinski definition) is 0. The summed E-state index contributed by atoms with van der Waals surface area (Å²) in [6.45, 7) is 0. The molecule has 0 bridgehead atoms. The van der Waals surface area contributed by atoms with Crippen LogP contribution in [-0.4, -0.2) is 24.9 Å². The van der Waals surface area contributed by atoms with E-state index in [1.54, 1.807) is 34.0 Å². The number of para-hydroxylation sites is 2. The van der Waals surface area contributed by atoms with E-state index in [4.69, 9.17) is 24.9 Å². The molecule has 0 saturated carbocycles. The average molecular weight is 682 g/mol. The van der Waals surface area contributed by atoms with E-state index in [9.17, 15) is 0 Å². The Bertz CT molecular complexity index is 2690. The van der Waals surface area contributed by atoms with Gasteiger partial charge in [-0.05, 0) is 54.6 Å². The molecular formula is C41H23N5S3. The summed E-state index contributed by atoms with van der Waals surface area (Å²) in [7, 11) is 0. The summed E-state index contributed by atoms with van der Waals surface area (Å²) >= 11 is 5.15. The lowest BCUT2D eigenvalue weighted by Crippen LogP contribution is -2.00. The number of thiophene rings is 1. The zero-order valence-corrected chi connectivity index (χ0v) is 28.2. The molecule has 4 aromatic heterocycles. The third kappa shape index (κ3) is 5.00. The molecule has 4 heterocycles. The molecule has 0 N–H and O–H groups in total. The van der Waals surface area contributed by atoms with Crippen LogP contribution in [0, 0.1) is 0 Å². The molecule has 230 valence electrons. The van der Waals surface area contributed by atoms with Crippen LogP contribution in [0.3, 0.4) is 0 Å². The molecule has 0 aliphatic rings. The zero-order chi connectivity index (χ0) is 32.3. The second-order valence-corrected chi connectivity index (χ2v) is 14.8. The first-order valence-electron chi connectivity index (χ1n) is 15.8. The van der Waals surface area contributed by atoms with Gasteiger partial charge >= 0.3 is 0 Å². The summed E-state index contributed by atoms with van der Waals surface area (Å²) in [5, 5.41) is 4.33. The number of hydrogen-bond acceptors (Lipinski definition) is 8. The standard InChI is InChI=1S/C41H23N5S3/c1-2-11-24(12-3-1)37-44-38(46-39(45-37)30-15-10-14-29-28-13-4-7-18-33(28)47-36(29)30)25-21-26(40-42-31-16-5-8-19-34(31)48-40)23-27(22-25)41-43-32-17-6-9-20-35(32)49-41/h1-23H. The van der Waals surface area contributed by atoms with Crippen molar-refractivity contribution in [3.8, 4) is 55.3 Å². The summed E-state index contributed by atoms with van der Waals surface area (Å²) in [5.74, 6) is 1.88. The maximum absolute atomic E-state index is 5.23. The smallest absolute Gasteiger partial charge is 0.165 e. The van der Waals surface area contributed by atoms with Gasteiger partial charge in [0.2, 0.25) is 0 Å². The van der Waals surface area contributed by atoms with E-state index in [-0.39, 0.29) is 0 Å². The summed E-state index contributed by atoms with van der Waals surface area (Å²) in [5.41, 5.74) is 6.79. The molecule has 0 radical (unpaired) electrons. The monoisotopic (exact) mass is 681 g/mol. The van der Waals surface area contributed by atoms with E-state index in [1.807, 2.05) is 42.5 Å². The minimum absolute atomic E-state index is 0.604. The number of rotatable bonds is 5. The second kappa shape index (κ2) is 11.5. The number of fused-ring (bicyclic) bond motifs is 5. The van der Waals surface area contributed by atoms with E-state index in [2.05, 4.69) is 97.1 Å². The van der Waals surface area contributed by atoms with Crippen molar-refractivity contribution in [2.75, 3.05) is 0 Å². The molecule has 0 fully saturated rings. The Balaban J connectivity index is 1.22. The highest BCUT2D eigenvalue weighted by atomic mass is 32.1. The fraction of sp³-hybridized carbons (Fsp3) is 0. The van der Waals surface area contributed by atoms with Crippen LogP contribution in [0.4, 0.5) is 0 Å². The van der Waals surface area contributed by atoms with Crippen LogP contribution in [0.5, 0.6) is 0 Å². The molecule has 0 unspecified atom stereocenters. The van der Waals surface area contributed by atoms with Gasteiger partial charge < -0.3 is 0 Å². The predicted molar refractivity (Wildman–Crippen MR) is 206 cm³/mol. The Morgan fingerprint density at radius 3 is 1.55 bits per heavy atom. The quantitative estimate of drug-likeness (QED) is 0.181. The first-order chi connectivity index (χ1) is 24.2. The van der Waals surface area contributed by atoms with Crippen molar-refractivity contribution in [2.24, 2.45) is 0 Å². The maximum Gasteiger partial charge on any atom is 0.165 e. The molecule has 6 aromatic carbocycles. The lowest BCUT2D eigenvalue weighted by atomic mass is 10.0. The normalized spacial score (nSPS) is 11.7. The zero-order valence-electron chi connectivity index (χ0n) is 25.7. The van der Waals surface area contributed by atoms with Gasteiger partial charge in [-0.3, -0.25) is 0 Å². The van der Waals surface area contributed by atoms with Gasteiger partial charge in [0.15, 0.2) is 17.5 Å². The fourth-order valence-corrected chi connectivity index (χ4v) is 9.38. The average Bonchev–Trinajstić information content (AvgIpc) is 3.90. The Morgan fingerprint density at radius 1 is 0.347 bits per heavy atom. The predicted octanol–water partition coefficient (Wildman–Crippen LogP) is 11.8. The molecule has 5 nitrogen and oxygen atoms in total. The van der Waals surface area contributed by atoms with Crippen molar-refractivity contribution in [3.05, 3.63) is 140 Å². The minimum Gasteiger partial charge on any atom is -0.236 e. The largest absolute Gasteiger partial charge is 0.236 e. The molecule has 0 aliphatic carbocycles. The van der Waals surface area contributed by atoms with Gasteiger partial charge in [0.1, 0.15) is 10.0 Å². The van der Waals surface area contributed by atoms with E-state index in [0.29, 0.717) is 17.5 Å². The van der Waals surface area contributed by atoms with Crippen molar-refractivity contribution in [3.63, 3.8) is 0 Å². The van der Waals surface area contributed by atoms with Gasteiger partial charge in [0, 0.05) is 48.0 Å². The fourth-order valence-electron chi connectivity index (χ4n) is 6.26. The number of nitrogens with zero attached hydrogens (tertiary/aromatic N) is 5. The molecule has 49 heavy (non-hydrogen) atoms. The molecule has 0 spiro atoms. The first kappa shape index (κ1) is 28.4. The molecule has 10 rings (SSSR count). The van der Waals surface area contributed by atoms with Gasteiger partial charge in [-0.2, -0.15) is 0 Å². The SMILES string of the molecule is c1ccc(-c2nc(-c3cc(-c4nc5ccccc5s4)cc(-c4nc5ccccc5s4)c3)nc(-c3cccc4c3sc3ccccc34)n2)cc1. The molecule has 0 amide bonds. The number of aromatic nitrogens is 5. The number of thiazole rings is 2. The van der Waals surface area contributed by atoms with Gasteiger partial charge in [0.05, 0.1) is 20.4 Å². The maximum atomic E-state index is 5.23. The third-order valence-corrected chi connectivity index (χ3v) is 12.0. The van der Waals surface area contributed by atoms with Crippen LogP contribution in [0.15, 0.2) is 140 Å². The Morgan fingerprint density at radius 2 is 0.878 bits per heavy atom. The van der Waals surface area contributed by atoms with E-state index in [1.165, 1.54) is 20.2 Å². The topological polar surface area (TPSA) is 64.5 Å². The molecule has 0 saturated heterocycles. The highest BCUT2D eigenvalue weighted by Gasteiger charge is 2.19. The Labute approximate surface area is 292 Å². The Hall–Kier alpha value is -5.67. The van der Waals surface area contributed by atoms with E-state index in [0.717, 1.165) is 58.3 Å². The van der Waals surface area contributed by atoms with Gasteiger partial charge in [-0.15, -0.1) is 34.0 Å². The lowest BCUT2D eigenvalue weighted by molar-refractivity contribution is 1.08. The summed E-state index contributed by atoms with van der Waals surface area (Å²) in [4.78, 5) is 25.5. The molecule has 0 aliphatic heterocycles. The van der Waals surface area contributed by atoms with Crippen LogP contribution >= 0.6 is 34.0 Å². The van der Waals surface area contributed by atoms with Crippen LogP contribution in [-0.2, 0) is 0 Å². The summed E-state index contributed by atoms with van der Waals surface area (Å²) in [6, 6.07) is 48.1. The number of benzene rings is 6. The van der Waals surface area contributed by atoms with Gasteiger partial charge in [-0.25, -0.2) is 24.9 Å². The van der Waals surface area contributed by atoms with Crippen molar-refractivity contribution < 1.29 is 0 Å². The van der Waals surface area contributed by atoms with E-state index >= 15 is 0 Å². The summed E-state index contributed by atoms with van der Waals surface area (Å²) < 4.78 is 4.70. The van der Waals surface area contributed by atoms with Crippen molar-refractivity contribution >= 4 is 74.6 Å². The first-order valence-corrected chi connectivity index (χ1v) is 18.3. The molecule has 10 aromatic rings. The van der Waals surface area contributed by atoms with Crippen LogP contribution < -0.4 is 0 Å². The van der Waals surface area contributed by atoms with Crippen LogP contribution in [0.2, 0.25) is 0 Å². The van der Waals surface area contributed by atoms with Gasteiger partial charge in [-0.1, -0.05) is 84.9 Å². The highest BCUT2D eigenvalue weighted by molar-refractivity contribution is 7.26. The van der Waals surface area contributed by atoms with E-state index < -0.39 is 0 Å². The van der Waals surface area contributed by atoms with Crippen molar-refractivity contribution in [2.45, 2.75) is 0 Å². The minimum atomic E-state index is 0.604. The highest BCUT2D eigenvalue weighted by Crippen LogP contribution is 2.41. The molecular weight excluding hydrogens is 659 g/mol. The Kier molecular flexibility index (Phi) is 6.65. The van der Waals surface area contributed by atoms with Gasteiger partial charge in [0.25, 0.3) is 0 Å². The molecule has 0 atom stereocenters. The summed E-state index contributed by atoms with van der Waals surface area (Å²) in [6.07, 6.45) is 0. The second-order valence-electron chi connectivity index (χ2n) is 11.7.